The highest BCUT2D eigenvalue weighted by atomic mass is 16.5. The Bertz CT molecular complexity index is 1050. The maximum atomic E-state index is 13.2. The minimum Gasteiger partial charge on any atom is -0.493 e. The summed E-state index contributed by atoms with van der Waals surface area (Å²) in [5.41, 5.74) is 1.84. The molecule has 194 valence electrons. The molecule has 0 radical (unpaired) electrons. The van der Waals surface area contributed by atoms with Crippen molar-refractivity contribution in [1.29, 1.82) is 0 Å². The lowest BCUT2D eigenvalue weighted by atomic mass is 9.84. The van der Waals surface area contributed by atoms with E-state index in [2.05, 4.69) is 12.2 Å². The lowest BCUT2D eigenvalue weighted by molar-refractivity contribution is -0.134. The maximum Gasteiger partial charge on any atom is 0.222 e. The van der Waals surface area contributed by atoms with Gasteiger partial charge in [-0.1, -0.05) is 23.8 Å². The number of aryl methyl sites for hydroxylation is 1. The van der Waals surface area contributed by atoms with Gasteiger partial charge >= 0.3 is 0 Å². The molecule has 2 atom stereocenters. The zero-order chi connectivity index (χ0) is 25.5. The van der Waals surface area contributed by atoms with Crippen LogP contribution in [0.15, 0.2) is 42.5 Å². The van der Waals surface area contributed by atoms with E-state index in [-0.39, 0.29) is 11.8 Å². The van der Waals surface area contributed by atoms with Crippen LogP contribution in [0, 0.1) is 12.8 Å². The largest absolute Gasteiger partial charge is 0.493 e. The summed E-state index contributed by atoms with van der Waals surface area (Å²) in [6, 6.07) is 13.9. The molecule has 0 aliphatic carbocycles. The van der Waals surface area contributed by atoms with E-state index in [9.17, 15) is 9.59 Å². The second-order valence-corrected chi connectivity index (χ2v) is 10.2. The fraction of sp³-hybridized carbons (Fsp3) is 0.517. The average molecular weight is 495 g/mol. The van der Waals surface area contributed by atoms with Crippen LogP contribution in [0.25, 0.3) is 0 Å². The Kier molecular flexibility index (Phi) is 8.39. The second-order valence-electron chi connectivity index (χ2n) is 10.2. The Morgan fingerprint density at radius 1 is 1.11 bits per heavy atom. The van der Waals surface area contributed by atoms with Crippen LogP contribution in [0.2, 0.25) is 0 Å². The molecule has 0 aromatic heterocycles. The van der Waals surface area contributed by atoms with Crippen LogP contribution < -0.4 is 19.5 Å². The molecular weight excluding hydrogens is 456 g/mol. The summed E-state index contributed by atoms with van der Waals surface area (Å²) >= 11 is 0. The summed E-state index contributed by atoms with van der Waals surface area (Å²) < 4.78 is 16.8. The molecule has 2 saturated heterocycles. The number of ether oxygens (including phenoxy) is 3. The normalized spacial score (nSPS) is 21.7. The first-order valence-corrected chi connectivity index (χ1v) is 12.9. The van der Waals surface area contributed by atoms with Crippen LogP contribution >= 0.6 is 0 Å². The van der Waals surface area contributed by atoms with Gasteiger partial charge in [-0.05, 0) is 68.9 Å². The third-order valence-electron chi connectivity index (χ3n) is 7.42. The van der Waals surface area contributed by atoms with Gasteiger partial charge in [-0.25, -0.2) is 0 Å². The summed E-state index contributed by atoms with van der Waals surface area (Å²) in [5.74, 6) is 2.75. The van der Waals surface area contributed by atoms with Gasteiger partial charge in [0.2, 0.25) is 11.8 Å². The zero-order valence-electron chi connectivity index (χ0n) is 21.7. The number of methoxy groups -OCH3 is 2. The zero-order valence-corrected chi connectivity index (χ0v) is 21.7. The van der Waals surface area contributed by atoms with Crippen molar-refractivity contribution in [1.82, 2.24) is 10.2 Å². The first-order chi connectivity index (χ1) is 17.4. The molecule has 7 nitrogen and oxygen atoms in total. The molecule has 2 heterocycles. The Balaban J connectivity index is 1.34. The van der Waals surface area contributed by atoms with Gasteiger partial charge in [-0.2, -0.15) is 0 Å². The number of amides is 2. The molecule has 2 aliphatic rings. The first-order valence-electron chi connectivity index (χ1n) is 12.9. The summed E-state index contributed by atoms with van der Waals surface area (Å²) in [5, 5.41) is 3.19. The minimum absolute atomic E-state index is 0.0502. The predicted molar refractivity (Wildman–Crippen MR) is 139 cm³/mol. The van der Waals surface area contributed by atoms with Gasteiger partial charge < -0.3 is 24.4 Å². The van der Waals surface area contributed by atoms with Gasteiger partial charge in [0.25, 0.3) is 0 Å². The second kappa shape index (κ2) is 11.7. The standard InChI is InChI=1S/C29H38N2O5/c1-21-6-9-24(10-7-21)36-20-23-5-4-16-31(19-23)28(33)13-15-29(14-12-27(32)30-29)18-22-8-11-25(34-2)26(17-22)35-3/h6-11,17,23H,4-5,12-16,18-20H2,1-3H3,(H,30,32). The molecule has 2 aromatic carbocycles. The highest BCUT2D eigenvalue weighted by Crippen LogP contribution is 2.34. The Labute approximate surface area is 214 Å². The van der Waals surface area contributed by atoms with Crippen molar-refractivity contribution in [2.45, 2.75) is 57.4 Å². The van der Waals surface area contributed by atoms with Crippen molar-refractivity contribution in [3.8, 4) is 17.2 Å². The molecule has 2 amide bonds. The number of hydrogen-bond acceptors (Lipinski definition) is 5. The number of nitrogens with one attached hydrogen (secondary N) is 1. The third-order valence-corrected chi connectivity index (χ3v) is 7.42. The Hall–Kier alpha value is -3.22. The van der Waals surface area contributed by atoms with Crippen molar-refractivity contribution in [2.24, 2.45) is 5.92 Å². The summed E-state index contributed by atoms with van der Waals surface area (Å²) in [6.07, 6.45) is 4.95. The van der Waals surface area contributed by atoms with Crippen LogP contribution in [0.1, 0.15) is 49.7 Å². The molecule has 2 aliphatic heterocycles. The molecule has 4 rings (SSSR count). The predicted octanol–water partition coefficient (Wildman–Crippen LogP) is 4.30. The van der Waals surface area contributed by atoms with E-state index in [4.69, 9.17) is 14.2 Å². The number of nitrogens with zero attached hydrogens (tertiary/aromatic N) is 1. The van der Waals surface area contributed by atoms with E-state index >= 15 is 0 Å². The van der Waals surface area contributed by atoms with Crippen LogP contribution in [0.4, 0.5) is 0 Å². The summed E-state index contributed by atoms with van der Waals surface area (Å²) in [6.45, 7) is 4.18. The molecule has 0 saturated carbocycles. The van der Waals surface area contributed by atoms with E-state index < -0.39 is 5.54 Å². The smallest absolute Gasteiger partial charge is 0.222 e. The molecule has 36 heavy (non-hydrogen) atoms. The third kappa shape index (κ3) is 6.50. The van der Waals surface area contributed by atoms with E-state index in [0.717, 1.165) is 43.7 Å². The van der Waals surface area contributed by atoms with E-state index in [1.165, 1.54) is 5.56 Å². The lowest BCUT2D eigenvalue weighted by Crippen LogP contribution is -2.46. The molecular formula is C29H38N2O5. The topological polar surface area (TPSA) is 77.1 Å². The molecule has 7 heteroatoms. The molecule has 1 N–H and O–H groups in total. The SMILES string of the molecule is COc1ccc(CC2(CCC(=O)N3CCCC(COc4ccc(C)cc4)C3)CCC(=O)N2)cc1OC. The fourth-order valence-corrected chi connectivity index (χ4v) is 5.34. The fourth-order valence-electron chi connectivity index (χ4n) is 5.34. The van der Waals surface area contributed by atoms with Crippen LogP contribution in [-0.2, 0) is 16.0 Å². The number of carbonyl (C=O) groups is 2. The van der Waals surface area contributed by atoms with Gasteiger partial charge in [-0.15, -0.1) is 0 Å². The molecule has 2 fully saturated rings. The van der Waals surface area contributed by atoms with Gasteiger partial charge in [0.1, 0.15) is 5.75 Å². The maximum absolute atomic E-state index is 13.2. The van der Waals surface area contributed by atoms with Crippen LogP contribution in [0.5, 0.6) is 17.2 Å². The van der Waals surface area contributed by atoms with Crippen molar-refractivity contribution in [3.05, 3.63) is 53.6 Å². The van der Waals surface area contributed by atoms with Crippen molar-refractivity contribution in [2.75, 3.05) is 33.9 Å². The Morgan fingerprint density at radius 3 is 2.58 bits per heavy atom. The molecule has 0 spiro atoms. The summed E-state index contributed by atoms with van der Waals surface area (Å²) in [4.78, 5) is 27.4. The quantitative estimate of drug-likeness (QED) is 0.533. The number of carbonyl (C=O) groups excluding carboxylic acids is 2. The lowest BCUT2D eigenvalue weighted by Gasteiger charge is -2.34. The van der Waals surface area contributed by atoms with E-state index in [1.807, 2.05) is 47.4 Å². The van der Waals surface area contributed by atoms with Gasteiger partial charge in [0, 0.05) is 37.4 Å². The average Bonchev–Trinajstić information content (AvgIpc) is 3.27. The highest BCUT2D eigenvalue weighted by Gasteiger charge is 2.38. The van der Waals surface area contributed by atoms with E-state index in [1.54, 1.807) is 14.2 Å². The van der Waals surface area contributed by atoms with Crippen molar-refractivity contribution >= 4 is 11.8 Å². The number of piperidine rings is 1. The van der Waals surface area contributed by atoms with Gasteiger partial charge in [0.15, 0.2) is 11.5 Å². The van der Waals surface area contributed by atoms with Crippen molar-refractivity contribution < 1.29 is 23.8 Å². The van der Waals surface area contributed by atoms with Crippen LogP contribution in [-0.4, -0.2) is 56.2 Å². The number of hydrogen-bond donors (Lipinski definition) is 1. The van der Waals surface area contributed by atoms with Gasteiger partial charge in [-0.3, -0.25) is 9.59 Å². The highest BCUT2D eigenvalue weighted by molar-refractivity contribution is 5.80. The monoisotopic (exact) mass is 494 g/mol. The molecule has 2 aromatic rings. The van der Waals surface area contributed by atoms with Gasteiger partial charge in [0.05, 0.1) is 20.8 Å². The first kappa shape index (κ1) is 25.9. The number of rotatable bonds is 10. The number of benzene rings is 2. The number of likely N-dealkylation sites (tertiary alicyclic amines) is 1. The molecule has 2 unspecified atom stereocenters. The van der Waals surface area contributed by atoms with Crippen molar-refractivity contribution in [3.63, 3.8) is 0 Å². The van der Waals surface area contributed by atoms with E-state index in [0.29, 0.717) is 49.7 Å². The Morgan fingerprint density at radius 2 is 1.89 bits per heavy atom. The summed E-state index contributed by atoms with van der Waals surface area (Å²) in [7, 11) is 3.23. The minimum atomic E-state index is -0.421. The molecule has 0 bridgehead atoms. The van der Waals surface area contributed by atoms with Crippen LogP contribution in [0.3, 0.4) is 0 Å².